The first kappa shape index (κ1) is 13.2. The molecule has 1 fully saturated rings. The lowest BCUT2D eigenvalue weighted by Gasteiger charge is -2.45. The number of halogens is 1. The van der Waals surface area contributed by atoms with Crippen LogP contribution in [-0.4, -0.2) is 27.6 Å². The highest BCUT2D eigenvalue weighted by Gasteiger charge is 2.39. The van der Waals surface area contributed by atoms with Gasteiger partial charge in [0.1, 0.15) is 6.10 Å². The third-order valence-electron chi connectivity index (χ3n) is 2.56. The topological polar surface area (TPSA) is 38.3 Å². The van der Waals surface area contributed by atoms with E-state index in [1.165, 1.54) is 0 Å². The van der Waals surface area contributed by atoms with Gasteiger partial charge in [0.05, 0.1) is 4.43 Å². The Morgan fingerprint density at radius 3 is 2.20 bits per heavy atom. The highest BCUT2D eigenvalue weighted by molar-refractivity contribution is 14.1. The molecule has 0 aromatic rings. The van der Waals surface area contributed by atoms with Gasteiger partial charge >= 0.3 is 5.97 Å². The number of carbonyl (C=O) groups excluding carboxylic acids is 1. The third kappa shape index (κ3) is 4.26. The van der Waals surface area contributed by atoms with Crippen molar-refractivity contribution in [3.8, 4) is 0 Å². The average Bonchev–Trinajstić information content (AvgIpc) is 1.97. The summed E-state index contributed by atoms with van der Waals surface area (Å²) in [5.74, 6) is -0.103. The van der Waals surface area contributed by atoms with Crippen LogP contribution in [0.25, 0.3) is 0 Å². The zero-order chi connectivity index (χ0) is 11.7. The maximum atomic E-state index is 11.3. The second kappa shape index (κ2) is 4.57. The van der Waals surface area contributed by atoms with E-state index in [4.69, 9.17) is 4.74 Å². The molecule has 1 saturated heterocycles. The van der Waals surface area contributed by atoms with Crippen molar-refractivity contribution in [2.24, 2.45) is 0 Å². The molecule has 1 aliphatic heterocycles. The zero-order valence-electron chi connectivity index (χ0n) is 9.89. The molecule has 4 heteroatoms. The molecule has 0 spiro atoms. The third-order valence-corrected chi connectivity index (χ3v) is 3.18. The number of hydrogen-bond acceptors (Lipinski definition) is 3. The Morgan fingerprint density at radius 1 is 1.33 bits per heavy atom. The molecule has 3 nitrogen and oxygen atoms in total. The van der Waals surface area contributed by atoms with Crippen molar-refractivity contribution in [2.75, 3.05) is 4.43 Å². The first-order valence-electron chi connectivity index (χ1n) is 5.29. The van der Waals surface area contributed by atoms with Crippen LogP contribution < -0.4 is 5.32 Å². The Morgan fingerprint density at radius 2 is 1.80 bits per heavy atom. The van der Waals surface area contributed by atoms with Gasteiger partial charge in [-0.25, -0.2) is 0 Å². The fraction of sp³-hybridized carbons (Fsp3) is 0.909. The van der Waals surface area contributed by atoms with Gasteiger partial charge in [-0.1, -0.05) is 22.6 Å². The van der Waals surface area contributed by atoms with E-state index in [0.29, 0.717) is 4.43 Å². The first-order valence-corrected chi connectivity index (χ1v) is 6.81. The number of ether oxygens (including phenoxy) is 1. The molecule has 0 radical (unpaired) electrons. The van der Waals surface area contributed by atoms with Crippen molar-refractivity contribution in [1.29, 1.82) is 0 Å². The molecule has 1 aliphatic rings. The lowest BCUT2D eigenvalue weighted by Crippen LogP contribution is -2.59. The van der Waals surface area contributed by atoms with Crippen LogP contribution in [-0.2, 0) is 9.53 Å². The van der Waals surface area contributed by atoms with Crippen molar-refractivity contribution in [3.63, 3.8) is 0 Å². The van der Waals surface area contributed by atoms with Crippen molar-refractivity contribution in [1.82, 2.24) is 5.32 Å². The van der Waals surface area contributed by atoms with Gasteiger partial charge in [-0.15, -0.1) is 0 Å². The predicted octanol–water partition coefficient (Wildman–Crippen LogP) is 2.27. The summed E-state index contributed by atoms with van der Waals surface area (Å²) in [5.41, 5.74) is 0.0793. The van der Waals surface area contributed by atoms with Gasteiger partial charge in [0.25, 0.3) is 0 Å². The van der Waals surface area contributed by atoms with E-state index in [2.05, 4.69) is 33.0 Å². The summed E-state index contributed by atoms with van der Waals surface area (Å²) in [4.78, 5) is 11.3. The number of rotatable bonds is 2. The minimum absolute atomic E-state index is 0.0397. The highest BCUT2D eigenvalue weighted by Crippen LogP contribution is 2.30. The standard InChI is InChI=1S/C11H20INO2/c1-10(2)5-8(15-9(14)7-12)6-11(3,4)13-10/h8,13H,5-7H2,1-4H3. The molecular weight excluding hydrogens is 305 g/mol. The SMILES string of the molecule is CC1(C)CC(OC(=O)CI)CC(C)(C)N1. The first-order chi connectivity index (χ1) is 6.74. The minimum atomic E-state index is -0.103. The summed E-state index contributed by atoms with van der Waals surface area (Å²) in [6.45, 7) is 8.61. The van der Waals surface area contributed by atoms with E-state index >= 15 is 0 Å². The summed E-state index contributed by atoms with van der Waals surface area (Å²) in [6.07, 6.45) is 1.83. The largest absolute Gasteiger partial charge is 0.462 e. The number of nitrogens with one attached hydrogen (secondary N) is 1. The fourth-order valence-electron chi connectivity index (χ4n) is 2.53. The molecule has 0 unspecified atom stereocenters. The van der Waals surface area contributed by atoms with Crippen LogP contribution in [0.1, 0.15) is 40.5 Å². The van der Waals surface area contributed by atoms with E-state index < -0.39 is 0 Å². The zero-order valence-corrected chi connectivity index (χ0v) is 12.1. The average molecular weight is 325 g/mol. The quantitative estimate of drug-likeness (QED) is 0.481. The normalized spacial score (nSPS) is 24.9. The van der Waals surface area contributed by atoms with E-state index in [-0.39, 0.29) is 23.2 Å². The molecular formula is C11H20INO2. The second-order valence-corrected chi connectivity index (χ2v) is 6.31. The Balaban J connectivity index is 2.63. The Kier molecular flexibility index (Phi) is 4.03. The van der Waals surface area contributed by atoms with Crippen LogP contribution in [0.4, 0.5) is 0 Å². The Hall–Kier alpha value is 0.160. The van der Waals surface area contributed by atoms with Crippen LogP contribution in [0.2, 0.25) is 0 Å². The van der Waals surface area contributed by atoms with Gasteiger partial charge in [0.2, 0.25) is 0 Å². The van der Waals surface area contributed by atoms with Crippen LogP contribution in [0.5, 0.6) is 0 Å². The van der Waals surface area contributed by atoms with Gasteiger partial charge in [0, 0.05) is 23.9 Å². The van der Waals surface area contributed by atoms with Crippen LogP contribution >= 0.6 is 22.6 Å². The summed E-state index contributed by atoms with van der Waals surface area (Å²) < 4.78 is 5.86. The number of hydrogen-bond donors (Lipinski definition) is 1. The lowest BCUT2D eigenvalue weighted by molar-refractivity contribution is -0.149. The number of carbonyl (C=O) groups is 1. The van der Waals surface area contributed by atoms with E-state index in [1.807, 2.05) is 22.6 Å². The monoisotopic (exact) mass is 325 g/mol. The lowest BCUT2D eigenvalue weighted by atomic mass is 9.81. The Bertz CT molecular complexity index is 235. The van der Waals surface area contributed by atoms with Gasteiger partial charge in [0.15, 0.2) is 0 Å². The molecule has 1 heterocycles. The summed E-state index contributed by atoms with van der Waals surface area (Å²) in [6, 6.07) is 0. The van der Waals surface area contributed by atoms with Crippen molar-refractivity contribution < 1.29 is 9.53 Å². The number of esters is 1. The van der Waals surface area contributed by atoms with Crippen molar-refractivity contribution in [2.45, 2.75) is 57.7 Å². The molecule has 0 aliphatic carbocycles. The molecule has 0 aromatic carbocycles. The van der Waals surface area contributed by atoms with Gasteiger partial charge in [-0.3, -0.25) is 4.79 Å². The van der Waals surface area contributed by atoms with Crippen molar-refractivity contribution >= 4 is 28.6 Å². The highest BCUT2D eigenvalue weighted by atomic mass is 127. The molecule has 88 valence electrons. The Labute approximate surface area is 105 Å². The maximum absolute atomic E-state index is 11.3. The smallest absolute Gasteiger partial charge is 0.316 e. The van der Waals surface area contributed by atoms with Crippen molar-refractivity contribution in [3.05, 3.63) is 0 Å². The molecule has 1 N–H and O–H groups in total. The maximum Gasteiger partial charge on any atom is 0.316 e. The summed E-state index contributed by atoms with van der Waals surface area (Å²) in [5, 5.41) is 3.56. The van der Waals surface area contributed by atoms with Gasteiger partial charge < -0.3 is 10.1 Å². The molecule has 0 atom stereocenters. The number of alkyl halides is 1. The molecule has 0 aromatic heterocycles. The summed E-state index contributed by atoms with van der Waals surface area (Å²) in [7, 11) is 0. The molecule has 0 amide bonds. The molecule has 15 heavy (non-hydrogen) atoms. The van der Waals surface area contributed by atoms with E-state index in [1.54, 1.807) is 0 Å². The molecule has 0 bridgehead atoms. The van der Waals surface area contributed by atoms with Gasteiger partial charge in [-0.2, -0.15) is 0 Å². The predicted molar refractivity (Wildman–Crippen MR) is 69.3 cm³/mol. The van der Waals surface area contributed by atoms with E-state index in [9.17, 15) is 4.79 Å². The molecule has 1 rings (SSSR count). The minimum Gasteiger partial charge on any atom is -0.462 e. The van der Waals surface area contributed by atoms with Crippen LogP contribution in [0, 0.1) is 0 Å². The fourth-order valence-corrected chi connectivity index (χ4v) is 2.71. The van der Waals surface area contributed by atoms with Crippen LogP contribution in [0.15, 0.2) is 0 Å². The van der Waals surface area contributed by atoms with Crippen LogP contribution in [0.3, 0.4) is 0 Å². The second-order valence-electron chi connectivity index (χ2n) is 5.55. The van der Waals surface area contributed by atoms with E-state index in [0.717, 1.165) is 12.8 Å². The van der Waals surface area contributed by atoms with Gasteiger partial charge in [-0.05, 0) is 27.7 Å². The summed E-state index contributed by atoms with van der Waals surface area (Å²) >= 11 is 2.04. The molecule has 0 saturated carbocycles. The number of piperidine rings is 1.